The number of carbonyl (C=O) groups excluding carboxylic acids is 1. The number of aryl methyl sites for hydroxylation is 1. The standard InChI is InChI=1S/C5H5BF3N2O.K/c1-11-2-4(3-12)5(10-11)6(7,8)9;/h2-3H,1H3;/q-1;+1. The minimum Gasteiger partial charge on any atom is -0.444 e. The van der Waals surface area contributed by atoms with E-state index >= 15 is 0 Å². The van der Waals surface area contributed by atoms with Crippen LogP contribution in [0.4, 0.5) is 12.9 Å². The fraction of sp³-hybridized carbons (Fsp3) is 0.200. The predicted molar refractivity (Wildman–Crippen MR) is 37.3 cm³/mol. The normalized spacial score (nSPS) is 10.8. The Hall–Kier alpha value is 0.371. The van der Waals surface area contributed by atoms with Crippen molar-refractivity contribution in [2.45, 2.75) is 0 Å². The third-order valence-electron chi connectivity index (χ3n) is 1.32. The van der Waals surface area contributed by atoms with E-state index in [1.165, 1.54) is 7.05 Å². The molecule has 0 radical (unpaired) electrons. The van der Waals surface area contributed by atoms with Gasteiger partial charge in [0.2, 0.25) is 0 Å². The summed E-state index contributed by atoms with van der Waals surface area (Å²) < 4.78 is 37.2. The van der Waals surface area contributed by atoms with Gasteiger partial charge in [-0.15, -0.1) is 0 Å². The minimum atomic E-state index is -5.18. The number of rotatable bonds is 2. The van der Waals surface area contributed by atoms with Crippen molar-refractivity contribution in [3.63, 3.8) is 0 Å². The molecule has 0 aromatic carbocycles. The Morgan fingerprint density at radius 1 is 1.54 bits per heavy atom. The van der Waals surface area contributed by atoms with E-state index in [-0.39, 0.29) is 57.7 Å². The quantitative estimate of drug-likeness (QED) is 0.398. The average Bonchev–Trinajstić information content (AvgIpc) is 2.29. The minimum absolute atomic E-state index is 0. The van der Waals surface area contributed by atoms with E-state index in [9.17, 15) is 17.7 Å². The third kappa shape index (κ3) is 3.21. The van der Waals surface area contributed by atoms with Crippen LogP contribution in [0.3, 0.4) is 0 Å². The van der Waals surface area contributed by atoms with Gasteiger partial charge in [0.25, 0.3) is 0 Å². The van der Waals surface area contributed by atoms with Crippen LogP contribution in [-0.4, -0.2) is 23.0 Å². The molecule has 1 heterocycles. The Morgan fingerprint density at radius 3 is 2.38 bits per heavy atom. The molecule has 1 aromatic heterocycles. The average molecular weight is 216 g/mol. The van der Waals surface area contributed by atoms with Gasteiger partial charge in [-0.25, -0.2) is 5.10 Å². The molecular formula is C5H5BF3KN2O. The third-order valence-corrected chi connectivity index (χ3v) is 1.32. The first kappa shape index (κ1) is 13.4. The molecule has 0 aliphatic heterocycles. The molecule has 1 rings (SSSR count). The van der Waals surface area contributed by atoms with E-state index in [0.29, 0.717) is 0 Å². The summed E-state index contributed by atoms with van der Waals surface area (Å²) in [5, 5.41) is 3.14. The molecule has 0 unspecified atom stereocenters. The van der Waals surface area contributed by atoms with Crippen LogP contribution in [0.15, 0.2) is 6.20 Å². The van der Waals surface area contributed by atoms with E-state index in [1.54, 1.807) is 0 Å². The van der Waals surface area contributed by atoms with Crippen LogP contribution in [-0.2, 0) is 7.05 Å². The molecule has 1 aromatic rings. The second kappa shape index (κ2) is 4.74. The van der Waals surface area contributed by atoms with Crippen molar-refractivity contribution >= 4 is 18.9 Å². The molecule has 0 bridgehead atoms. The van der Waals surface area contributed by atoms with E-state index in [1.807, 2.05) is 0 Å². The van der Waals surface area contributed by atoms with Crippen LogP contribution >= 0.6 is 0 Å². The molecule has 0 fully saturated rings. The molecule has 0 saturated carbocycles. The molecule has 0 aliphatic carbocycles. The van der Waals surface area contributed by atoms with E-state index in [2.05, 4.69) is 5.10 Å². The number of carbonyl (C=O) groups is 1. The second-order valence-electron chi connectivity index (χ2n) is 2.34. The fourth-order valence-corrected chi connectivity index (χ4v) is 0.869. The zero-order valence-corrected chi connectivity index (χ0v) is 10.3. The first-order chi connectivity index (χ1) is 5.45. The van der Waals surface area contributed by atoms with Crippen molar-refractivity contribution < 1.29 is 69.1 Å². The molecule has 66 valence electrons. The summed E-state index contributed by atoms with van der Waals surface area (Å²) in [5.74, 6) is 0. The molecule has 0 amide bonds. The van der Waals surface area contributed by atoms with Crippen molar-refractivity contribution in [3.05, 3.63) is 11.8 Å². The van der Waals surface area contributed by atoms with Gasteiger partial charge in [0.05, 0.1) is 0 Å². The van der Waals surface area contributed by atoms with E-state index in [0.717, 1.165) is 10.9 Å². The van der Waals surface area contributed by atoms with Crippen LogP contribution in [0, 0.1) is 0 Å². The van der Waals surface area contributed by atoms with Gasteiger partial charge in [0.15, 0.2) is 0 Å². The fourth-order valence-electron chi connectivity index (χ4n) is 0.869. The summed E-state index contributed by atoms with van der Waals surface area (Å²) in [4.78, 5) is 10.1. The number of halogens is 3. The summed E-state index contributed by atoms with van der Waals surface area (Å²) in [6.07, 6.45) is 1.19. The van der Waals surface area contributed by atoms with Gasteiger partial charge in [-0.3, -0.25) is 9.48 Å². The Morgan fingerprint density at radius 2 is 2.08 bits per heavy atom. The van der Waals surface area contributed by atoms with Gasteiger partial charge in [-0.1, -0.05) is 0 Å². The van der Waals surface area contributed by atoms with Crippen LogP contribution < -0.4 is 57.0 Å². The largest absolute Gasteiger partial charge is 1.00 e. The summed E-state index contributed by atoms with van der Waals surface area (Å²) in [6.45, 7) is -5.18. The molecule has 8 heteroatoms. The summed E-state index contributed by atoms with van der Waals surface area (Å²) in [6, 6.07) is 0. The Kier molecular flexibility index (Phi) is 4.88. The first-order valence-corrected chi connectivity index (χ1v) is 3.14. The van der Waals surface area contributed by atoms with Crippen LogP contribution in [0.5, 0.6) is 0 Å². The summed E-state index contributed by atoms with van der Waals surface area (Å²) in [7, 11) is 1.33. The maximum Gasteiger partial charge on any atom is 1.00 e. The summed E-state index contributed by atoms with van der Waals surface area (Å²) >= 11 is 0. The van der Waals surface area contributed by atoms with Crippen LogP contribution in [0.1, 0.15) is 10.4 Å². The molecule has 3 nitrogen and oxygen atoms in total. The number of aldehydes is 1. The second-order valence-corrected chi connectivity index (χ2v) is 2.34. The van der Waals surface area contributed by atoms with Crippen molar-refractivity contribution in [2.24, 2.45) is 7.05 Å². The Bertz CT molecular complexity index is 311. The topological polar surface area (TPSA) is 34.9 Å². The molecule has 0 atom stereocenters. The molecule has 0 spiro atoms. The maximum atomic E-state index is 12.1. The van der Waals surface area contributed by atoms with Gasteiger partial charge in [0.1, 0.15) is 6.29 Å². The Balaban J connectivity index is 0.00000144. The first-order valence-electron chi connectivity index (χ1n) is 3.14. The Labute approximate surface area is 115 Å². The van der Waals surface area contributed by atoms with Crippen molar-refractivity contribution in [3.8, 4) is 0 Å². The molecular weight excluding hydrogens is 211 g/mol. The van der Waals surface area contributed by atoms with Gasteiger partial charge in [0, 0.05) is 24.4 Å². The number of hydrogen-bond donors (Lipinski definition) is 0. The zero-order valence-electron chi connectivity index (χ0n) is 7.17. The molecule has 0 saturated heterocycles. The van der Waals surface area contributed by atoms with Gasteiger partial charge < -0.3 is 12.9 Å². The zero-order chi connectivity index (χ0) is 9.35. The van der Waals surface area contributed by atoms with Crippen molar-refractivity contribution in [1.29, 1.82) is 0 Å². The number of nitrogens with zero attached hydrogens (tertiary/aromatic N) is 2. The number of hydrogen-bond acceptors (Lipinski definition) is 2. The van der Waals surface area contributed by atoms with Gasteiger partial charge >= 0.3 is 58.4 Å². The summed E-state index contributed by atoms with van der Waals surface area (Å²) in [5.41, 5.74) is -1.49. The van der Waals surface area contributed by atoms with Crippen LogP contribution in [0.25, 0.3) is 0 Å². The molecule has 0 aliphatic rings. The SMILES string of the molecule is Cn1cc(C=O)c([B-](F)(F)F)n1.[K+]. The monoisotopic (exact) mass is 216 g/mol. The molecule has 0 N–H and O–H groups in total. The van der Waals surface area contributed by atoms with Crippen molar-refractivity contribution in [2.75, 3.05) is 0 Å². The smallest absolute Gasteiger partial charge is 0.444 e. The van der Waals surface area contributed by atoms with Gasteiger partial charge in [-0.2, -0.15) is 0 Å². The van der Waals surface area contributed by atoms with E-state index in [4.69, 9.17) is 0 Å². The predicted octanol–water partition coefficient (Wildman–Crippen LogP) is -2.71. The number of aromatic nitrogens is 2. The van der Waals surface area contributed by atoms with Crippen molar-refractivity contribution in [1.82, 2.24) is 9.78 Å². The maximum absolute atomic E-state index is 12.1. The van der Waals surface area contributed by atoms with E-state index < -0.39 is 18.1 Å². The van der Waals surface area contributed by atoms with Gasteiger partial charge in [-0.05, 0) is 0 Å². The molecule has 13 heavy (non-hydrogen) atoms. The van der Waals surface area contributed by atoms with Crippen LogP contribution in [0.2, 0.25) is 0 Å².